The minimum absolute atomic E-state index is 0.115. The maximum absolute atomic E-state index is 12.8. The van der Waals surface area contributed by atoms with Crippen molar-refractivity contribution in [2.45, 2.75) is 24.4 Å². The van der Waals surface area contributed by atoms with Crippen molar-refractivity contribution in [3.05, 3.63) is 54.7 Å². The Kier molecular flexibility index (Phi) is 4.77. The summed E-state index contributed by atoms with van der Waals surface area (Å²) >= 11 is 0. The van der Waals surface area contributed by atoms with Gasteiger partial charge in [-0.1, -0.05) is 24.3 Å². The van der Waals surface area contributed by atoms with Crippen molar-refractivity contribution in [1.29, 1.82) is 0 Å². The molecule has 2 rings (SSSR count). The van der Waals surface area contributed by atoms with Gasteiger partial charge in [-0.05, 0) is 31.2 Å². The molecule has 0 spiro atoms. The molecule has 0 aliphatic carbocycles. The van der Waals surface area contributed by atoms with E-state index in [1.807, 2.05) is 0 Å². The minimum Gasteiger partial charge on any atom is -0.481 e. The molecule has 0 bridgehead atoms. The number of pyridine rings is 1. The fraction of sp³-hybridized carbons (Fsp3) is 0.200. The van der Waals surface area contributed by atoms with Crippen molar-refractivity contribution in [3.63, 3.8) is 0 Å². The van der Waals surface area contributed by atoms with Gasteiger partial charge in [0.25, 0.3) is 10.0 Å². The average Bonchev–Trinajstić information content (AvgIpc) is 2.48. The zero-order valence-corrected chi connectivity index (χ0v) is 12.8. The van der Waals surface area contributed by atoms with Crippen LogP contribution in [0.1, 0.15) is 13.3 Å². The van der Waals surface area contributed by atoms with E-state index < -0.39 is 22.0 Å². The van der Waals surface area contributed by atoms with E-state index in [4.69, 9.17) is 5.11 Å². The average molecular weight is 320 g/mol. The fourth-order valence-electron chi connectivity index (χ4n) is 2.14. The van der Waals surface area contributed by atoms with Crippen LogP contribution in [0.4, 0.5) is 5.69 Å². The van der Waals surface area contributed by atoms with Crippen LogP contribution in [-0.4, -0.2) is 30.5 Å². The zero-order chi connectivity index (χ0) is 16.2. The highest BCUT2D eigenvalue weighted by atomic mass is 32.2. The first-order valence-corrected chi connectivity index (χ1v) is 8.09. The third kappa shape index (κ3) is 3.43. The molecule has 1 N–H and O–H groups in total. The van der Waals surface area contributed by atoms with Crippen molar-refractivity contribution in [2.24, 2.45) is 0 Å². The van der Waals surface area contributed by atoms with Gasteiger partial charge in [0, 0.05) is 6.20 Å². The normalized spacial score (nSPS) is 12.6. The molecule has 0 aliphatic heterocycles. The second-order valence-electron chi connectivity index (χ2n) is 4.75. The van der Waals surface area contributed by atoms with E-state index >= 15 is 0 Å². The first-order chi connectivity index (χ1) is 10.4. The molecule has 1 aromatic carbocycles. The third-order valence-corrected chi connectivity index (χ3v) is 4.90. The summed E-state index contributed by atoms with van der Waals surface area (Å²) in [6.07, 6.45) is 1.08. The molecule has 1 atom stereocenters. The summed E-state index contributed by atoms with van der Waals surface area (Å²) in [5.41, 5.74) is 0.405. The summed E-state index contributed by atoms with van der Waals surface area (Å²) in [4.78, 5) is 14.9. The summed E-state index contributed by atoms with van der Waals surface area (Å²) in [6.45, 7) is 1.56. The Hall–Kier alpha value is -2.41. The first kappa shape index (κ1) is 16.0. The smallest absolute Gasteiger partial charge is 0.305 e. The molecule has 0 saturated carbocycles. The van der Waals surface area contributed by atoms with E-state index in [0.29, 0.717) is 5.69 Å². The molecular formula is C15H16N2O4S. The Morgan fingerprint density at radius 3 is 2.36 bits per heavy atom. The van der Waals surface area contributed by atoms with Gasteiger partial charge in [-0.2, -0.15) is 8.42 Å². The number of anilines is 1. The van der Waals surface area contributed by atoms with Gasteiger partial charge in [-0.3, -0.25) is 9.10 Å². The molecule has 6 nitrogen and oxygen atoms in total. The number of hydrogen-bond acceptors (Lipinski definition) is 4. The van der Waals surface area contributed by atoms with Gasteiger partial charge >= 0.3 is 5.97 Å². The van der Waals surface area contributed by atoms with Crippen LogP contribution in [0.25, 0.3) is 0 Å². The molecule has 1 heterocycles. The molecule has 0 saturated heterocycles. The topological polar surface area (TPSA) is 87.6 Å². The molecule has 7 heteroatoms. The Morgan fingerprint density at radius 2 is 1.82 bits per heavy atom. The number of sulfonamides is 1. The van der Waals surface area contributed by atoms with Gasteiger partial charge in [0.1, 0.15) is 0 Å². The number of rotatable bonds is 6. The molecule has 0 aliphatic rings. The summed E-state index contributed by atoms with van der Waals surface area (Å²) in [7, 11) is -3.94. The van der Waals surface area contributed by atoms with E-state index in [9.17, 15) is 13.2 Å². The Morgan fingerprint density at radius 1 is 1.18 bits per heavy atom. The van der Waals surface area contributed by atoms with Gasteiger partial charge in [-0.15, -0.1) is 0 Å². The number of benzene rings is 1. The van der Waals surface area contributed by atoms with Crippen molar-refractivity contribution in [2.75, 3.05) is 4.31 Å². The number of aliphatic carboxylic acids is 1. The van der Waals surface area contributed by atoms with Crippen molar-refractivity contribution in [3.8, 4) is 0 Å². The maximum atomic E-state index is 12.8. The van der Waals surface area contributed by atoms with Crippen molar-refractivity contribution >= 4 is 21.7 Å². The summed E-state index contributed by atoms with van der Waals surface area (Å²) < 4.78 is 26.8. The lowest BCUT2D eigenvalue weighted by Crippen LogP contribution is -2.40. The van der Waals surface area contributed by atoms with Gasteiger partial charge in [-0.25, -0.2) is 4.98 Å². The lowest BCUT2D eigenvalue weighted by molar-refractivity contribution is -0.137. The second-order valence-corrected chi connectivity index (χ2v) is 6.51. The largest absolute Gasteiger partial charge is 0.481 e. The zero-order valence-electron chi connectivity index (χ0n) is 12.0. The fourth-order valence-corrected chi connectivity index (χ4v) is 3.73. The van der Waals surface area contributed by atoms with Gasteiger partial charge in [0.2, 0.25) is 0 Å². The molecule has 0 unspecified atom stereocenters. The highest BCUT2D eigenvalue weighted by Crippen LogP contribution is 2.26. The van der Waals surface area contributed by atoms with Crippen LogP contribution >= 0.6 is 0 Å². The molecule has 2 aromatic rings. The summed E-state index contributed by atoms with van der Waals surface area (Å²) in [6, 6.07) is 12.2. The number of nitrogens with zero attached hydrogens (tertiary/aromatic N) is 2. The van der Waals surface area contributed by atoms with Crippen LogP contribution in [0, 0.1) is 0 Å². The SMILES string of the molecule is C[C@H](CC(=O)O)N(c1ccccc1)S(=O)(=O)c1ccccn1. The van der Waals surface area contributed by atoms with E-state index in [2.05, 4.69) is 4.98 Å². The molecule has 0 radical (unpaired) electrons. The second kappa shape index (κ2) is 6.57. The van der Waals surface area contributed by atoms with Crippen LogP contribution in [0.2, 0.25) is 0 Å². The van der Waals surface area contributed by atoms with Gasteiger partial charge in [0.15, 0.2) is 5.03 Å². The van der Waals surface area contributed by atoms with Crippen LogP contribution in [0.15, 0.2) is 59.8 Å². The highest BCUT2D eigenvalue weighted by molar-refractivity contribution is 7.92. The quantitative estimate of drug-likeness (QED) is 0.881. The number of carboxylic acid groups (broad SMARTS) is 1. The standard InChI is InChI=1S/C15H16N2O4S/c1-12(11-15(18)19)17(13-7-3-2-4-8-13)22(20,21)14-9-5-6-10-16-14/h2-10,12H,11H2,1H3,(H,18,19)/t12-/m1/s1. The number of aromatic nitrogens is 1. The maximum Gasteiger partial charge on any atom is 0.305 e. The van der Waals surface area contributed by atoms with Gasteiger partial charge < -0.3 is 5.11 Å². The van der Waals surface area contributed by atoms with E-state index in [1.165, 1.54) is 12.3 Å². The molecule has 22 heavy (non-hydrogen) atoms. The predicted molar refractivity (Wildman–Crippen MR) is 82.1 cm³/mol. The Balaban J connectivity index is 2.51. The van der Waals surface area contributed by atoms with Crippen molar-refractivity contribution in [1.82, 2.24) is 4.98 Å². The van der Waals surface area contributed by atoms with Crippen LogP contribution in [-0.2, 0) is 14.8 Å². The number of carboxylic acids is 1. The molecule has 116 valence electrons. The lowest BCUT2D eigenvalue weighted by Gasteiger charge is -2.29. The summed E-state index contributed by atoms with van der Waals surface area (Å²) in [5.74, 6) is -1.07. The highest BCUT2D eigenvalue weighted by Gasteiger charge is 2.31. The van der Waals surface area contributed by atoms with Crippen LogP contribution in [0.3, 0.4) is 0 Å². The third-order valence-electron chi connectivity index (χ3n) is 3.04. The van der Waals surface area contributed by atoms with E-state index in [-0.39, 0.29) is 11.4 Å². The molecule has 0 fully saturated rings. The van der Waals surface area contributed by atoms with Gasteiger partial charge in [0.05, 0.1) is 18.2 Å². The van der Waals surface area contributed by atoms with E-state index in [0.717, 1.165) is 4.31 Å². The number of carbonyl (C=O) groups is 1. The summed E-state index contributed by atoms with van der Waals surface area (Å²) in [5, 5.41) is 8.86. The Labute approximate surface area is 129 Å². The minimum atomic E-state index is -3.94. The van der Waals surface area contributed by atoms with Crippen molar-refractivity contribution < 1.29 is 18.3 Å². The number of hydrogen-bond donors (Lipinski definition) is 1. The molecule has 0 amide bonds. The monoisotopic (exact) mass is 320 g/mol. The Bertz CT molecular complexity index is 733. The number of para-hydroxylation sites is 1. The molecular weight excluding hydrogens is 304 g/mol. The lowest BCUT2D eigenvalue weighted by atomic mass is 10.2. The molecule has 1 aromatic heterocycles. The van der Waals surface area contributed by atoms with E-state index in [1.54, 1.807) is 49.4 Å². The van der Waals surface area contributed by atoms with Crippen LogP contribution in [0.5, 0.6) is 0 Å². The first-order valence-electron chi connectivity index (χ1n) is 6.65. The predicted octanol–water partition coefficient (Wildman–Crippen LogP) is 2.14. The van der Waals surface area contributed by atoms with Crippen LogP contribution < -0.4 is 4.31 Å².